The highest BCUT2D eigenvalue weighted by Gasteiger charge is 2.36. The molecule has 2 aromatic carbocycles. The monoisotopic (exact) mass is 555 g/mol. The lowest BCUT2D eigenvalue weighted by Crippen LogP contribution is -2.17. The van der Waals surface area contributed by atoms with Crippen molar-refractivity contribution in [2.24, 2.45) is 0 Å². The van der Waals surface area contributed by atoms with Crippen LogP contribution in [0, 0.1) is 0 Å². The average Bonchev–Trinajstić information content (AvgIpc) is 3.40. The molecule has 176 valence electrons. The summed E-state index contributed by atoms with van der Waals surface area (Å²) in [4.78, 5) is 23.3. The predicted molar refractivity (Wildman–Crippen MR) is 131 cm³/mol. The zero-order valence-corrected chi connectivity index (χ0v) is 21.3. The van der Waals surface area contributed by atoms with E-state index in [0.717, 1.165) is 15.7 Å². The van der Waals surface area contributed by atoms with Crippen LogP contribution in [0.1, 0.15) is 33.1 Å². The Morgan fingerprint density at radius 3 is 2.61 bits per heavy atom. The molecule has 1 heterocycles. The first kappa shape index (κ1) is 24.2. The van der Waals surface area contributed by atoms with Crippen LogP contribution in [0.4, 0.5) is 5.69 Å². The van der Waals surface area contributed by atoms with Gasteiger partial charge in [0.1, 0.15) is 5.75 Å². The number of rotatable bonds is 7. The van der Waals surface area contributed by atoms with Gasteiger partial charge in [0.2, 0.25) is 5.82 Å². The van der Waals surface area contributed by atoms with Crippen molar-refractivity contribution in [3.05, 3.63) is 45.9 Å². The number of benzene rings is 2. The average molecular weight is 557 g/mol. The molecule has 1 fully saturated rings. The lowest BCUT2D eigenvalue weighted by Gasteiger charge is -2.17. The summed E-state index contributed by atoms with van der Waals surface area (Å²) in [5.41, 5.74) is 1.70. The fraction of sp³-hybridized carbons (Fsp3) is 0.364. The third kappa shape index (κ3) is 5.78. The van der Waals surface area contributed by atoms with Gasteiger partial charge in [0.25, 0.3) is 5.89 Å². The van der Waals surface area contributed by atoms with Gasteiger partial charge in [-0.2, -0.15) is 4.98 Å². The molecule has 11 heteroatoms. The van der Waals surface area contributed by atoms with Gasteiger partial charge >= 0.3 is 7.60 Å². The number of nitrogens with one attached hydrogen (secondary N) is 1. The Balaban J connectivity index is 1.47. The first-order valence-corrected chi connectivity index (χ1v) is 13.4. The number of aromatic nitrogens is 2. The molecule has 0 amide bonds. The number of hydrogen-bond donors (Lipinski definition) is 3. The lowest BCUT2D eigenvalue weighted by molar-refractivity contribution is 0.242. The highest BCUT2D eigenvalue weighted by molar-refractivity contribution is 9.10. The van der Waals surface area contributed by atoms with Crippen LogP contribution in [0.15, 0.2) is 45.4 Å². The van der Waals surface area contributed by atoms with Crippen LogP contribution in [0.2, 0.25) is 5.02 Å². The Labute approximate surface area is 205 Å². The highest BCUT2D eigenvalue weighted by Crippen LogP contribution is 2.49. The van der Waals surface area contributed by atoms with Crippen molar-refractivity contribution in [3.63, 3.8) is 0 Å². The summed E-state index contributed by atoms with van der Waals surface area (Å²) in [6.07, 6.45) is 1.68. The van der Waals surface area contributed by atoms with Crippen molar-refractivity contribution in [2.75, 3.05) is 5.32 Å². The second-order valence-corrected chi connectivity index (χ2v) is 11.5. The molecule has 2 atom stereocenters. The normalized spacial score (nSPS) is 18.6. The standard InChI is InChI=1S/C22H24BrClN3O5P/c1-12(2)31-20-8-4-13(10-18(20)24)21-26-22(32-27-21)14-3-7-19(17(23)9-14)25-15-5-6-16(11-15)33(28,29)30/h3-4,7-10,12,15-16,25H,5-6,11H2,1-2H3,(H2,28,29,30). The molecule has 4 rings (SSSR count). The Hall–Kier alpha value is -1.90. The first-order chi connectivity index (χ1) is 15.6. The molecule has 1 aliphatic rings. The van der Waals surface area contributed by atoms with E-state index in [2.05, 4.69) is 31.4 Å². The maximum atomic E-state index is 11.5. The minimum atomic E-state index is -4.05. The molecule has 0 aliphatic heterocycles. The van der Waals surface area contributed by atoms with E-state index in [1.54, 1.807) is 12.1 Å². The smallest absolute Gasteiger partial charge is 0.328 e. The predicted octanol–water partition coefficient (Wildman–Crippen LogP) is 6.12. The van der Waals surface area contributed by atoms with Gasteiger partial charge in [-0.1, -0.05) is 16.8 Å². The topological polar surface area (TPSA) is 118 Å². The minimum Gasteiger partial charge on any atom is -0.489 e. The van der Waals surface area contributed by atoms with Crippen LogP contribution in [-0.2, 0) is 4.57 Å². The van der Waals surface area contributed by atoms with Gasteiger partial charge in [-0.15, -0.1) is 0 Å². The molecule has 0 radical (unpaired) electrons. The maximum absolute atomic E-state index is 11.5. The molecule has 0 bridgehead atoms. The van der Waals surface area contributed by atoms with Gasteiger partial charge in [0, 0.05) is 27.3 Å². The minimum absolute atomic E-state index is 0.00665. The van der Waals surface area contributed by atoms with Crippen molar-refractivity contribution >= 4 is 40.8 Å². The van der Waals surface area contributed by atoms with Crippen LogP contribution >= 0.6 is 35.1 Å². The zero-order chi connectivity index (χ0) is 23.8. The van der Waals surface area contributed by atoms with E-state index in [1.807, 2.05) is 38.1 Å². The Kier molecular flexibility index (Phi) is 7.17. The number of ether oxygens (including phenoxy) is 1. The first-order valence-electron chi connectivity index (χ1n) is 10.5. The fourth-order valence-corrected chi connectivity index (χ4v) is 5.56. The quantitative estimate of drug-likeness (QED) is 0.298. The summed E-state index contributed by atoms with van der Waals surface area (Å²) >= 11 is 9.88. The Bertz CT molecular complexity index is 1200. The molecule has 8 nitrogen and oxygen atoms in total. The number of nitrogens with zero attached hydrogens (tertiary/aromatic N) is 2. The lowest BCUT2D eigenvalue weighted by atomic mass is 10.1. The van der Waals surface area contributed by atoms with Crippen molar-refractivity contribution < 1.29 is 23.6 Å². The molecule has 3 aromatic rings. The van der Waals surface area contributed by atoms with E-state index in [0.29, 0.717) is 47.3 Å². The van der Waals surface area contributed by atoms with Gasteiger partial charge in [-0.3, -0.25) is 4.57 Å². The fourth-order valence-electron chi connectivity index (χ4n) is 3.83. The number of anilines is 1. The van der Waals surface area contributed by atoms with Gasteiger partial charge in [0.15, 0.2) is 0 Å². The summed E-state index contributed by atoms with van der Waals surface area (Å²) in [6.45, 7) is 3.86. The van der Waals surface area contributed by atoms with E-state index < -0.39 is 13.3 Å². The molecule has 3 N–H and O–H groups in total. The number of hydrogen-bond acceptors (Lipinski definition) is 6. The van der Waals surface area contributed by atoms with E-state index >= 15 is 0 Å². The maximum Gasteiger partial charge on any atom is 0.328 e. The van der Waals surface area contributed by atoms with Gasteiger partial charge in [-0.25, -0.2) is 0 Å². The second-order valence-electron chi connectivity index (χ2n) is 8.33. The van der Waals surface area contributed by atoms with Crippen LogP contribution in [0.25, 0.3) is 22.8 Å². The third-order valence-electron chi connectivity index (χ3n) is 5.44. The summed E-state index contributed by atoms with van der Waals surface area (Å²) in [6, 6.07) is 10.9. The van der Waals surface area contributed by atoms with Gasteiger partial charge in [0.05, 0.1) is 16.8 Å². The molecule has 33 heavy (non-hydrogen) atoms. The van der Waals surface area contributed by atoms with Crippen LogP contribution in [0.5, 0.6) is 5.75 Å². The summed E-state index contributed by atoms with van der Waals surface area (Å²) < 4.78 is 23.4. The molecule has 0 spiro atoms. The Morgan fingerprint density at radius 1 is 1.21 bits per heavy atom. The van der Waals surface area contributed by atoms with Gasteiger partial charge < -0.3 is 24.4 Å². The van der Waals surface area contributed by atoms with Gasteiger partial charge in [-0.05, 0) is 85.4 Å². The summed E-state index contributed by atoms with van der Waals surface area (Å²) in [5, 5.41) is 7.90. The van der Waals surface area contributed by atoms with Crippen molar-refractivity contribution in [2.45, 2.75) is 50.9 Å². The SMILES string of the molecule is CC(C)Oc1ccc(-c2noc(-c3ccc(NC4CCC(P(=O)(O)O)C4)c(Br)c3)n2)cc1Cl. The summed E-state index contributed by atoms with van der Waals surface area (Å²) in [7, 11) is -4.05. The number of halogens is 2. The van der Waals surface area contributed by atoms with E-state index in [-0.39, 0.29) is 12.1 Å². The molecule has 1 aromatic heterocycles. The van der Waals surface area contributed by atoms with Crippen molar-refractivity contribution in [1.29, 1.82) is 0 Å². The highest BCUT2D eigenvalue weighted by atomic mass is 79.9. The van der Waals surface area contributed by atoms with Crippen LogP contribution in [-0.4, -0.2) is 37.7 Å². The largest absolute Gasteiger partial charge is 0.489 e. The molecule has 0 saturated heterocycles. The van der Waals surface area contributed by atoms with E-state index in [9.17, 15) is 14.4 Å². The van der Waals surface area contributed by atoms with E-state index in [4.69, 9.17) is 20.9 Å². The molecule has 1 aliphatic carbocycles. The van der Waals surface area contributed by atoms with E-state index in [1.165, 1.54) is 0 Å². The third-order valence-corrected chi connectivity index (χ3v) is 7.81. The molecular formula is C22H24BrClN3O5P. The molecule has 2 unspecified atom stereocenters. The Morgan fingerprint density at radius 2 is 1.97 bits per heavy atom. The van der Waals surface area contributed by atoms with Crippen LogP contribution < -0.4 is 10.1 Å². The van der Waals surface area contributed by atoms with Crippen molar-refractivity contribution in [1.82, 2.24) is 10.1 Å². The van der Waals surface area contributed by atoms with Crippen LogP contribution in [0.3, 0.4) is 0 Å². The zero-order valence-electron chi connectivity index (χ0n) is 18.0. The summed E-state index contributed by atoms with van der Waals surface area (Å²) in [5.74, 6) is 1.37. The van der Waals surface area contributed by atoms with Crippen molar-refractivity contribution in [3.8, 4) is 28.6 Å². The second kappa shape index (κ2) is 9.76. The molecule has 1 saturated carbocycles. The molecular weight excluding hydrogens is 533 g/mol.